The Bertz CT molecular complexity index is 1680. The summed E-state index contributed by atoms with van der Waals surface area (Å²) >= 11 is 0. The second kappa shape index (κ2) is 11.9. The molecule has 234 valence electrons. The lowest BCUT2D eigenvalue weighted by Gasteiger charge is -2.40. The maximum Gasteiger partial charge on any atom is 0.318 e. The molecule has 2 atom stereocenters. The summed E-state index contributed by atoms with van der Waals surface area (Å²) in [6.45, 7) is 14.7. The van der Waals surface area contributed by atoms with Crippen LogP contribution in [0.1, 0.15) is 48.6 Å². The van der Waals surface area contributed by atoms with E-state index in [0.717, 1.165) is 53.5 Å². The zero-order chi connectivity index (χ0) is 31.1. The Kier molecular flexibility index (Phi) is 7.75. The number of benzene rings is 1. The first-order chi connectivity index (χ1) is 21.8. The third-order valence-electron chi connectivity index (χ3n) is 9.88. The molecule has 0 saturated carbocycles. The van der Waals surface area contributed by atoms with Crippen LogP contribution in [0.15, 0.2) is 42.9 Å². The van der Waals surface area contributed by atoms with Gasteiger partial charge in [-0.05, 0) is 55.8 Å². The number of ether oxygens (including phenoxy) is 2. The van der Waals surface area contributed by atoms with Crippen LogP contribution >= 0.6 is 0 Å². The van der Waals surface area contributed by atoms with E-state index in [1.165, 1.54) is 17.7 Å². The van der Waals surface area contributed by atoms with E-state index in [-0.39, 0.29) is 31.3 Å². The molecule has 0 radical (unpaired) electrons. The number of carbonyl (C=O) groups excluding carboxylic acids is 1. The van der Waals surface area contributed by atoms with Gasteiger partial charge in [0.25, 0.3) is 5.91 Å². The predicted molar refractivity (Wildman–Crippen MR) is 167 cm³/mol. The fourth-order valence-corrected chi connectivity index (χ4v) is 7.64. The smallest absolute Gasteiger partial charge is 0.318 e. The van der Waals surface area contributed by atoms with E-state index in [4.69, 9.17) is 31.7 Å². The molecule has 0 spiro atoms. The van der Waals surface area contributed by atoms with Gasteiger partial charge < -0.3 is 29.9 Å². The molecule has 12 heteroatoms. The Labute approximate surface area is 261 Å². The zero-order valence-electron chi connectivity index (χ0n) is 25.3. The molecule has 3 fully saturated rings. The number of hydrogen-bond donors (Lipinski definition) is 1. The Hall–Kier alpha value is -4.34. The topological polar surface area (TPSA) is 114 Å². The second-order valence-corrected chi connectivity index (χ2v) is 12.5. The second-order valence-electron chi connectivity index (χ2n) is 12.5. The highest BCUT2D eigenvalue weighted by atomic mass is 19.1. The molecule has 2 N–H and O–H groups in total. The van der Waals surface area contributed by atoms with Gasteiger partial charge in [0, 0.05) is 43.2 Å². The minimum atomic E-state index is -1.02. The molecule has 0 aliphatic carbocycles. The number of nitrogens with two attached hydrogens (primary N) is 1. The van der Waals surface area contributed by atoms with Crippen molar-refractivity contribution in [2.75, 3.05) is 56.5 Å². The van der Waals surface area contributed by atoms with Gasteiger partial charge in [0.15, 0.2) is 5.83 Å². The molecule has 3 aromatic rings. The van der Waals surface area contributed by atoms with E-state index in [1.807, 2.05) is 24.3 Å². The third-order valence-corrected chi connectivity index (χ3v) is 9.88. The van der Waals surface area contributed by atoms with E-state index in [0.29, 0.717) is 43.8 Å². The standard InChI is InChI=1S/C33H37FN8O3/c1-21(34)31(43)42-13-12-40(18-23(42)16-36-2)30-26-19-44-28(24-7-3-6-22-14-29(35)37-17-25(22)24)15-27(26)38-32(39-30)45-20-33-8-4-10-41(33)11-5-9-33/h3,6-7,14,17,23,28H,1,4-5,8-13,15-16,18-20H2,(H2,35,37)/t23-,28?/m0/s1. The lowest BCUT2D eigenvalue weighted by Crippen LogP contribution is -2.57. The fourth-order valence-electron chi connectivity index (χ4n) is 7.64. The number of aromatic nitrogens is 3. The Balaban J connectivity index is 1.22. The van der Waals surface area contributed by atoms with Gasteiger partial charge in [-0.1, -0.05) is 24.8 Å². The normalized spacial score (nSPS) is 22.6. The van der Waals surface area contributed by atoms with Gasteiger partial charge in [-0.25, -0.2) is 15.9 Å². The molecular formula is C33H37FN8O3. The van der Waals surface area contributed by atoms with Crippen molar-refractivity contribution in [3.05, 3.63) is 71.1 Å². The van der Waals surface area contributed by atoms with Gasteiger partial charge >= 0.3 is 6.01 Å². The lowest BCUT2D eigenvalue weighted by molar-refractivity contribution is -0.131. The first-order valence-corrected chi connectivity index (χ1v) is 15.6. The molecule has 7 rings (SSSR count). The van der Waals surface area contributed by atoms with E-state index in [9.17, 15) is 9.18 Å². The molecule has 3 saturated heterocycles. The number of piperazine rings is 1. The highest BCUT2D eigenvalue weighted by molar-refractivity contribution is 5.91. The first-order valence-electron chi connectivity index (χ1n) is 15.6. The van der Waals surface area contributed by atoms with Crippen LogP contribution < -0.4 is 15.4 Å². The number of hydrogen-bond acceptors (Lipinski definition) is 9. The number of amides is 1. The molecule has 45 heavy (non-hydrogen) atoms. The average Bonchev–Trinajstić information content (AvgIpc) is 3.63. The molecular weight excluding hydrogens is 575 g/mol. The van der Waals surface area contributed by atoms with E-state index >= 15 is 0 Å². The van der Waals surface area contributed by atoms with Gasteiger partial charge in [0.1, 0.15) is 24.3 Å². The number of rotatable bonds is 7. The van der Waals surface area contributed by atoms with E-state index < -0.39 is 17.8 Å². The van der Waals surface area contributed by atoms with Gasteiger partial charge in [0.05, 0.1) is 23.9 Å². The van der Waals surface area contributed by atoms with Crippen LogP contribution in [0.25, 0.3) is 15.6 Å². The van der Waals surface area contributed by atoms with Crippen molar-refractivity contribution >= 4 is 28.3 Å². The molecule has 4 aliphatic rings. The summed E-state index contributed by atoms with van der Waals surface area (Å²) in [6.07, 6.45) is 6.58. The molecule has 6 heterocycles. The summed E-state index contributed by atoms with van der Waals surface area (Å²) < 4.78 is 26.8. The monoisotopic (exact) mass is 612 g/mol. The van der Waals surface area contributed by atoms with Crippen molar-refractivity contribution in [2.45, 2.75) is 56.4 Å². The molecule has 4 aliphatic heterocycles. The van der Waals surface area contributed by atoms with Crippen molar-refractivity contribution in [3.8, 4) is 6.01 Å². The number of fused-ring (bicyclic) bond motifs is 3. The number of nitrogen functional groups attached to an aromatic ring is 1. The van der Waals surface area contributed by atoms with Crippen molar-refractivity contribution < 1.29 is 18.7 Å². The SMILES string of the molecule is [C-]#[N+]C[C@H]1CN(c2nc(OCC34CCCN3CCC4)nc3c2COC(c2cccc4cc(N)ncc24)C3)CCN1C(=O)C(=C)F. The van der Waals surface area contributed by atoms with Crippen molar-refractivity contribution in [1.29, 1.82) is 0 Å². The summed E-state index contributed by atoms with van der Waals surface area (Å²) in [6, 6.07) is 7.72. The largest absolute Gasteiger partial charge is 0.461 e. The quantitative estimate of drug-likeness (QED) is 0.314. The van der Waals surface area contributed by atoms with Gasteiger partial charge in [-0.15, -0.1) is 0 Å². The minimum Gasteiger partial charge on any atom is -0.461 e. The highest BCUT2D eigenvalue weighted by Gasteiger charge is 2.45. The number of nitrogens with zero attached hydrogens (tertiary/aromatic N) is 7. The number of halogens is 1. The summed E-state index contributed by atoms with van der Waals surface area (Å²) in [5.74, 6) is -0.655. The molecule has 1 aromatic carbocycles. The van der Waals surface area contributed by atoms with Crippen LogP contribution in [0, 0.1) is 6.57 Å². The van der Waals surface area contributed by atoms with Gasteiger partial charge in [0.2, 0.25) is 6.54 Å². The molecule has 0 bridgehead atoms. The summed E-state index contributed by atoms with van der Waals surface area (Å²) in [5, 5.41) is 1.97. The maximum absolute atomic E-state index is 13.8. The Morgan fingerprint density at radius 1 is 1.22 bits per heavy atom. The van der Waals surface area contributed by atoms with Gasteiger partial charge in [-0.2, -0.15) is 9.97 Å². The molecule has 1 unspecified atom stereocenters. The number of anilines is 2. The van der Waals surface area contributed by atoms with Crippen LogP contribution in [-0.2, 0) is 22.6 Å². The third kappa shape index (κ3) is 5.44. The molecule has 2 aromatic heterocycles. The predicted octanol–water partition coefficient (Wildman–Crippen LogP) is 3.85. The van der Waals surface area contributed by atoms with Crippen LogP contribution in [0.3, 0.4) is 0 Å². The van der Waals surface area contributed by atoms with Crippen LogP contribution in [0.5, 0.6) is 6.01 Å². The van der Waals surface area contributed by atoms with E-state index in [1.54, 1.807) is 6.20 Å². The number of carbonyl (C=O) groups is 1. The van der Waals surface area contributed by atoms with Crippen molar-refractivity contribution in [1.82, 2.24) is 24.8 Å². The Morgan fingerprint density at radius 2 is 2.04 bits per heavy atom. The van der Waals surface area contributed by atoms with E-state index in [2.05, 4.69) is 26.2 Å². The summed E-state index contributed by atoms with van der Waals surface area (Å²) in [7, 11) is 0. The lowest BCUT2D eigenvalue weighted by atomic mass is 9.95. The highest BCUT2D eigenvalue weighted by Crippen LogP contribution is 2.41. The minimum absolute atomic E-state index is 0.0321. The molecule has 1 amide bonds. The first kappa shape index (κ1) is 29.4. The number of pyridine rings is 1. The van der Waals surface area contributed by atoms with Crippen molar-refractivity contribution in [2.24, 2.45) is 0 Å². The summed E-state index contributed by atoms with van der Waals surface area (Å²) in [4.78, 5) is 36.3. The maximum atomic E-state index is 13.8. The van der Waals surface area contributed by atoms with Crippen LogP contribution in [0.4, 0.5) is 16.0 Å². The zero-order valence-corrected chi connectivity index (χ0v) is 25.3. The van der Waals surface area contributed by atoms with Crippen molar-refractivity contribution in [3.63, 3.8) is 0 Å². The van der Waals surface area contributed by atoms with Gasteiger partial charge in [-0.3, -0.25) is 9.69 Å². The van der Waals surface area contributed by atoms with Crippen LogP contribution in [-0.4, -0.2) is 88.1 Å². The van der Waals surface area contributed by atoms with Crippen LogP contribution in [0.2, 0.25) is 0 Å². The average molecular weight is 613 g/mol. The molecule has 11 nitrogen and oxygen atoms in total. The fraction of sp³-hybridized carbons (Fsp3) is 0.485. The summed E-state index contributed by atoms with van der Waals surface area (Å²) in [5.41, 5.74) is 8.70. The Morgan fingerprint density at radius 3 is 2.82 bits per heavy atom.